The molecular weight excluding hydrogens is 349 g/mol. The lowest BCUT2D eigenvalue weighted by Gasteiger charge is -2.21. The van der Waals surface area contributed by atoms with Gasteiger partial charge in [-0.15, -0.1) is 0 Å². The third-order valence-electron chi connectivity index (χ3n) is 4.55. The van der Waals surface area contributed by atoms with Crippen LogP contribution in [0.15, 0.2) is 61.2 Å². The molecule has 0 saturated carbocycles. The van der Waals surface area contributed by atoms with Crippen LogP contribution in [0.4, 0.5) is 4.39 Å². The average Bonchev–Trinajstić information content (AvgIpc) is 3.32. The van der Waals surface area contributed by atoms with E-state index in [0.717, 1.165) is 6.42 Å². The van der Waals surface area contributed by atoms with E-state index in [1.807, 2.05) is 36.8 Å². The molecule has 1 saturated heterocycles. The predicted molar refractivity (Wildman–Crippen MR) is 97.6 cm³/mol. The first-order chi connectivity index (χ1) is 13.2. The van der Waals surface area contributed by atoms with E-state index >= 15 is 0 Å². The van der Waals surface area contributed by atoms with Crippen LogP contribution in [0, 0.1) is 11.7 Å². The average molecular weight is 369 g/mol. The minimum absolute atomic E-state index is 0.148. The predicted octanol–water partition coefficient (Wildman–Crippen LogP) is 3.22. The van der Waals surface area contributed by atoms with E-state index in [4.69, 9.17) is 14.6 Å². The number of benzene rings is 1. The van der Waals surface area contributed by atoms with Crippen LogP contribution in [0.1, 0.15) is 11.6 Å². The highest BCUT2D eigenvalue weighted by molar-refractivity contribution is 5.56. The first-order valence-electron chi connectivity index (χ1n) is 8.56. The van der Waals surface area contributed by atoms with Crippen molar-refractivity contribution in [3.63, 3.8) is 0 Å². The molecule has 0 aliphatic carbocycles. The summed E-state index contributed by atoms with van der Waals surface area (Å²) in [7, 11) is 0. The first-order valence-corrected chi connectivity index (χ1v) is 8.56. The largest absolute Gasteiger partial charge is 0.483 e. The Morgan fingerprint density at radius 2 is 1.93 bits per heavy atom. The van der Waals surface area contributed by atoms with Crippen molar-refractivity contribution < 1.29 is 19.0 Å². The number of carbonyl (C=O) groups is 1. The summed E-state index contributed by atoms with van der Waals surface area (Å²) < 4.78 is 22.0. The van der Waals surface area contributed by atoms with Gasteiger partial charge in [0.2, 0.25) is 0 Å². The minimum atomic E-state index is -0.255. The van der Waals surface area contributed by atoms with Crippen molar-refractivity contribution in [2.45, 2.75) is 12.5 Å². The standard InChI is InChI=1S/C19H18FN3O.CH2O2/c20-17-4-2-1-3-16(17)19-22-9-10-23(19)18-13-24-12-15(18)11-14-5-7-21-8-6-14;2-1-3/h1-10,15,18H,11-13H2;1H,(H,2,3)/t15-,18+;/m0./s1. The highest BCUT2D eigenvalue weighted by Crippen LogP contribution is 2.33. The summed E-state index contributed by atoms with van der Waals surface area (Å²) >= 11 is 0. The third-order valence-corrected chi connectivity index (χ3v) is 4.55. The molecule has 0 radical (unpaired) electrons. The zero-order valence-electron chi connectivity index (χ0n) is 14.6. The molecule has 3 heterocycles. The molecule has 7 heteroatoms. The lowest BCUT2D eigenvalue weighted by molar-refractivity contribution is -0.122. The Labute approximate surface area is 156 Å². The quantitative estimate of drug-likeness (QED) is 0.715. The monoisotopic (exact) mass is 369 g/mol. The zero-order valence-corrected chi connectivity index (χ0v) is 14.6. The maximum absolute atomic E-state index is 14.2. The van der Waals surface area contributed by atoms with Gasteiger partial charge in [0, 0.05) is 30.7 Å². The lowest BCUT2D eigenvalue weighted by atomic mass is 9.95. The van der Waals surface area contributed by atoms with Gasteiger partial charge in [0.1, 0.15) is 11.6 Å². The Balaban J connectivity index is 0.000000659. The number of ether oxygens (including phenoxy) is 1. The molecule has 0 amide bonds. The van der Waals surface area contributed by atoms with Crippen LogP contribution < -0.4 is 0 Å². The topological polar surface area (TPSA) is 77.2 Å². The fourth-order valence-corrected chi connectivity index (χ4v) is 3.34. The number of aromatic nitrogens is 3. The zero-order chi connectivity index (χ0) is 19.1. The lowest BCUT2D eigenvalue weighted by Crippen LogP contribution is -2.20. The van der Waals surface area contributed by atoms with E-state index in [9.17, 15) is 4.39 Å². The number of halogens is 1. The normalized spacial score (nSPS) is 18.6. The van der Waals surface area contributed by atoms with Gasteiger partial charge >= 0.3 is 0 Å². The van der Waals surface area contributed by atoms with Gasteiger partial charge < -0.3 is 14.4 Å². The third kappa shape index (κ3) is 4.38. The van der Waals surface area contributed by atoms with Crippen LogP contribution in [0.25, 0.3) is 11.4 Å². The van der Waals surface area contributed by atoms with Gasteiger partial charge in [-0.1, -0.05) is 12.1 Å². The van der Waals surface area contributed by atoms with Crippen molar-refractivity contribution in [2.24, 2.45) is 5.92 Å². The second kappa shape index (κ2) is 9.05. The van der Waals surface area contributed by atoms with Crippen molar-refractivity contribution in [1.29, 1.82) is 0 Å². The van der Waals surface area contributed by atoms with Crippen molar-refractivity contribution in [2.75, 3.05) is 13.2 Å². The summed E-state index contributed by atoms with van der Waals surface area (Å²) in [5, 5.41) is 6.89. The fraction of sp³-hybridized carbons (Fsp3) is 0.250. The summed E-state index contributed by atoms with van der Waals surface area (Å²) in [6.07, 6.45) is 8.16. The first kappa shape index (κ1) is 18.7. The molecule has 0 unspecified atom stereocenters. The highest BCUT2D eigenvalue weighted by atomic mass is 19.1. The van der Waals surface area contributed by atoms with E-state index in [1.165, 1.54) is 11.6 Å². The molecule has 1 aliphatic heterocycles. The van der Waals surface area contributed by atoms with E-state index in [1.54, 1.807) is 18.3 Å². The Kier molecular flexibility index (Phi) is 6.27. The van der Waals surface area contributed by atoms with Crippen molar-refractivity contribution >= 4 is 6.47 Å². The summed E-state index contributed by atoms with van der Waals surface area (Å²) in [6, 6.07) is 11.0. The molecule has 0 bridgehead atoms. The van der Waals surface area contributed by atoms with E-state index in [2.05, 4.69) is 14.5 Å². The molecule has 1 fully saturated rings. The molecule has 1 aliphatic rings. The molecule has 6 nitrogen and oxygen atoms in total. The van der Waals surface area contributed by atoms with E-state index in [0.29, 0.717) is 30.5 Å². The van der Waals surface area contributed by atoms with Crippen LogP contribution in [0.2, 0.25) is 0 Å². The minimum Gasteiger partial charge on any atom is -0.483 e. The Morgan fingerprint density at radius 1 is 1.19 bits per heavy atom. The van der Waals surface area contributed by atoms with Gasteiger partial charge in [-0.05, 0) is 36.2 Å². The van der Waals surface area contributed by atoms with Crippen molar-refractivity contribution in [1.82, 2.24) is 14.5 Å². The number of imidazole rings is 1. The van der Waals surface area contributed by atoms with Crippen molar-refractivity contribution in [3.8, 4) is 11.4 Å². The van der Waals surface area contributed by atoms with Crippen LogP contribution in [-0.4, -0.2) is 39.3 Å². The molecule has 4 rings (SSSR count). The highest BCUT2D eigenvalue weighted by Gasteiger charge is 2.31. The number of hydrogen-bond donors (Lipinski definition) is 1. The summed E-state index contributed by atoms with van der Waals surface area (Å²) in [4.78, 5) is 16.8. The number of hydrogen-bond acceptors (Lipinski definition) is 4. The van der Waals surface area contributed by atoms with Gasteiger partial charge in [0.15, 0.2) is 0 Å². The fourth-order valence-electron chi connectivity index (χ4n) is 3.34. The second-order valence-electron chi connectivity index (χ2n) is 6.17. The number of nitrogens with zero attached hydrogens (tertiary/aromatic N) is 3. The van der Waals surface area contributed by atoms with Crippen LogP contribution in [-0.2, 0) is 16.0 Å². The van der Waals surface area contributed by atoms with Crippen LogP contribution >= 0.6 is 0 Å². The molecule has 3 aromatic rings. The van der Waals surface area contributed by atoms with Crippen molar-refractivity contribution in [3.05, 3.63) is 72.6 Å². The Bertz CT molecular complexity index is 870. The maximum atomic E-state index is 14.2. The maximum Gasteiger partial charge on any atom is 0.290 e. The summed E-state index contributed by atoms with van der Waals surface area (Å²) in [6.45, 7) is 1.06. The molecular formula is C20H20FN3O3. The molecule has 27 heavy (non-hydrogen) atoms. The van der Waals surface area contributed by atoms with Gasteiger partial charge in [0.05, 0.1) is 24.8 Å². The molecule has 0 spiro atoms. The molecule has 2 atom stereocenters. The van der Waals surface area contributed by atoms with Gasteiger partial charge in [-0.2, -0.15) is 0 Å². The van der Waals surface area contributed by atoms with Gasteiger partial charge in [-0.3, -0.25) is 9.78 Å². The number of rotatable bonds is 4. The van der Waals surface area contributed by atoms with Gasteiger partial charge in [0.25, 0.3) is 6.47 Å². The van der Waals surface area contributed by atoms with Crippen LogP contribution in [0.3, 0.4) is 0 Å². The SMILES string of the molecule is Fc1ccccc1-c1nccn1[C@@H]1COC[C@@H]1Cc1ccncc1.O=CO. The van der Waals surface area contributed by atoms with E-state index in [-0.39, 0.29) is 18.3 Å². The van der Waals surface area contributed by atoms with E-state index < -0.39 is 0 Å². The molecule has 2 aromatic heterocycles. The number of carboxylic acid groups (broad SMARTS) is 1. The summed E-state index contributed by atoms with van der Waals surface area (Å²) in [5.41, 5.74) is 1.76. The second-order valence-corrected chi connectivity index (χ2v) is 6.17. The summed E-state index contributed by atoms with van der Waals surface area (Å²) in [5.74, 6) is 0.727. The Morgan fingerprint density at radius 3 is 2.67 bits per heavy atom. The molecule has 140 valence electrons. The smallest absolute Gasteiger partial charge is 0.290 e. The van der Waals surface area contributed by atoms with Crippen LogP contribution in [0.5, 0.6) is 0 Å². The molecule has 1 N–H and O–H groups in total. The number of pyridine rings is 1. The molecule has 1 aromatic carbocycles. The Hall–Kier alpha value is -3.06. The van der Waals surface area contributed by atoms with Gasteiger partial charge in [-0.25, -0.2) is 9.37 Å².